The van der Waals surface area contributed by atoms with Crippen molar-refractivity contribution < 1.29 is 23.8 Å². The molecule has 1 N–H and O–H groups in total. The Labute approximate surface area is 177 Å². The van der Waals surface area contributed by atoms with Gasteiger partial charge in [-0.3, -0.25) is 9.59 Å². The van der Waals surface area contributed by atoms with Crippen molar-refractivity contribution in [2.45, 2.75) is 52.0 Å². The van der Waals surface area contributed by atoms with E-state index in [2.05, 4.69) is 5.32 Å². The van der Waals surface area contributed by atoms with Crippen LogP contribution in [0.1, 0.15) is 50.9 Å². The van der Waals surface area contributed by atoms with Crippen LogP contribution in [-0.2, 0) is 4.79 Å². The molecule has 1 aromatic rings. The lowest BCUT2D eigenvalue weighted by Gasteiger charge is -2.33. The zero-order valence-electron chi connectivity index (χ0n) is 17.6. The topological polar surface area (TPSA) is 77.1 Å². The lowest BCUT2D eigenvalue weighted by atomic mass is 10.0. The van der Waals surface area contributed by atoms with Crippen LogP contribution in [-0.4, -0.2) is 61.0 Å². The van der Waals surface area contributed by atoms with E-state index in [-0.39, 0.29) is 17.9 Å². The maximum absolute atomic E-state index is 13.1. The second-order valence-electron chi connectivity index (χ2n) is 6.79. The van der Waals surface area contributed by atoms with Crippen LogP contribution < -0.4 is 19.5 Å². The molecule has 1 fully saturated rings. The van der Waals surface area contributed by atoms with Crippen LogP contribution in [0.25, 0.3) is 0 Å². The van der Waals surface area contributed by atoms with Crippen molar-refractivity contribution in [1.29, 1.82) is 0 Å². The number of nitrogens with one attached hydrogen (secondary N) is 1. The van der Waals surface area contributed by atoms with Crippen LogP contribution in [0.5, 0.6) is 17.2 Å². The molecule has 1 saturated heterocycles. The number of hydrogen-bond donors (Lipinski definition) is 1. The van der Waals surface area contributed by atoms with E-state index in [1.807, 2.05) is 20.8 Å². The molecule has 29 heavy (non-hydrogen) atoms. The highest BCUT2D eigenvalue weighted by Crippen LogP contribution is 2.39. The van der Waals surface area contributed by atoms with Crippen molar-refractivity contribution in [1.82, 2.24) is 10.2 Å². The van der Waals surface area contributed by atoms with E-state index in [9.17, 15) is 9.59 Å². The van der Waals surface area contributed by atoms with E-state index in [0.717, 1.165) is 0 Å². The van der Waals surface area contributed by atoms with Crippen LogP contribution in [0.15, 0.2) is 12.1 Å². The Bertz CT molecular complexity index is 675. The van der Waals surface area contributed by atoms with Crippen molar-refractivity contribution >= 4 is 23.4 Å². The first-order valence-corrected chi connectivity index (χ1v) is 10.6. The molecule has 7 nitrogen and oxygen atoms in total. The van der Waals surface area contributed by atoms with Crippen molar-refractivity contribution in [2.24, 2.45) is 0 Å². The first-order chi connectivity index (χ1) is 13.9. The van der Waals surface area contributed by atoms with Gasteiger partial charge in [0, 0.05) is 24.7 Å². The molecule has 2 rings (SSSR count). The minimum atomic E-state index is -0.563. The number of halogens is 1. The van der Waals surface area contributed by atoms with Gasteiger partial charge in [-0.1, -0.05) is 0 Å². The van der Waals surface area contributed by atoms with Gasteiger partial charge >= 0.3 is 0 Å². The Balaban J connectivity index is 2.15. The number of ether oxygens (including phenoxy) is 3. The Hall–Kier alpha value is -2.15. The second-order valence-corrected chi connectivity index (χ2v) is 7.45. The highest BCUT2D eigenvalue weighted by atomic mass is 35.5. The van der Waals surface area contributed by atoms with E-state index in [4.69, 9.17) is 25.8 Å². The lowest BCUT2D eigenvalue weighted by molar-refractivity contribution is -0.121. The number of benzene rings is 1. The van der Waals surface area contributed by atoms with Crippen LogP contribution in [0.2, 0.25) is 0 Å². The summed E-state index contributed by atoms with van der Waals surface area (Å²) in [6.07, 6.45) is 1.38. The Morgan fingerprint density at radius 2 is 1.59 bits per heavy atom. The van der Waals surface area contributed by atoms with Crippen LogP contribution in [0.3, 0.4) is 0 Å². The molecular weight excluding hydrogens is 396 g/mol. The summed E-state index contributed by atoms with van der Waals surface area (Å²) in [5.74, 6) is 1.25. The highest BCUT2D eigenvalue weighted by molar-refractivity contribution is 6.30. The van der Waals surface area contributed by atoms with E-state index in [0.29, 0.717) is 68.6 Å². The molecule has 162 valence electrons. The van der Waals surface area contributed by atoms with E-state index >= 15 is 0 Å². The molecule has 0 aromatic heterocycles. The third-order valence-electron chi connectivity index (χ3n) is 4.65. The fraction of sp³-hybridized carbons (Fsp3) is 0.619. The van der Waals surface area contributed by atoms with Gasteiger partial charge in [0.1, 0.15) is 5.38 Å². The maximum atomic E-state index is 13.1. The lowest BCUT2D eigenvalue weighted by Crippen LogP contribution is -2.47. The molecule has 1 unspecified atom stereocenters. The largest absolute Gasteiger partial charge is 0.490 e. The standard InChI is InChI=1S/C21H31ClN2O5/c1-5-27-17-12-15(13-18(28-6-2)19(17)29-7-3)21(26)24-10-8-16(9-11-24)23-20(25)14(4)22/h12-14,16H,5-11H2,1-4H3,(H,23,25). The predicted octanol–water partition coefficient (Wildman–Crippen LogP) is 3.23. The third-order valence-corrected chi connectivity index (χ3v) is 4.84. The molecule has 1 aromatic carbocycles. The molecule has 1 atom stereocenters. The van der Waals surface area contributed by atoms with Gasteiger partial charge in [0.05, 0.1) is 19.8 Å². The first kappa shape index (κ1) is 23.1. The summed E-state index contributed by atoms with van der Waals surface area (Å²) >= 11 is 5.81. The normalized spacial score (nSPS) is 15.6. The zero-order valence-corrected chi connectivity index (χ0v) is 18.4. The molecule has 1 heterocycles. The Morgan fingerprint density at radius 1 is 1.07 bits per heavy atom. The third kappa shape index (κ3) is 6.16. The smallest absolute Gasteiger partial charge is 0.254 e. The number of alkyl halides is 1. The van der Waals surface area contributed by atoms with Crippen molar-refractivity contribution in [2.75, 3.05) is 32.9 Å². The molecular formula is C21H31ClN2O5. The number of likely N-dealkylation sites (tertiary alicyclic amines) is 1. The van der Waals surface area contributed by atoms with Gasteiger partial charge < -0.3 is 24.4 Å². The molecule has 0 bridgehead atoms. The molecule has 0 radical (unpaired) electrons. The molecule has 0 saturated carbocycles. The highest BCUT2D eigenvalue weighted by Gasteiger charge is 2.27. The summed E-state index contributed by atoms with van der Waals surface area (Å²) < 4.78 is 17.1. The van der Waals surface area contributed by atoms with Gasteiger partial charge in [0.25, 0.3) is 5.91 Å². The average molecular weight is 427 g/mol. The maximum Gasteiger partial charge on any atom is 0.254 e. The van der Waals surface area contributed by atoms with Crippen molar-refractivity contribution in [3.8, 4) is 17.2 Å². The van der Waals surface area contributed by atoms with E-state index in [1.54, 1.807) is 24.0 Å². The molecule has 8 heteroatoms. The summed E-state index contributed by atoms with van der Waals surface area (Å²) in [6, 6.07) is 3.45. The molecule has 0 aliphatic carbocycles. The summed E-state index contributed by atoms with van der Waals surface area (Å²) in [5.41, 5.74) is 0.497. The predicted molar refractivity (Wildman–Crippen MR) is 112 cm³/mol. The van der Waals surface area contributed by atoms with Gasteiger partial charge in [0.2, 0.25) is 11.7 Å². The van der Waals surface area contributed by atoms with Gasteiger partial charge in [-0.25, -0.2) is 0 Å². The quantitative estimate of drug-likeness (QED) is 0.613. The van der Waals surface area contributed by atoms with E-state index < -0.39 is 5.38 Å². The monoisotopic (exact) mass is 426 g/mol. The van der Waals surface area contributed by atoms with Crippen LogP contribution >= 0.6 is 11.6 Å². The summed E-state index contributed by atoms with van der Waals surface area (Å²) in [7, 11) is 0. The fourth-order valence-electron chi connectivity index (χ4n) is 3.24. The molecule has 2 amide bonds. The van der Waals surface area contributed by atoms with Gasteiger partial charge in [-0.2, -0.15) is 0 Å². The summed E-state index contributed by atoms with van der Waals surface area (Å²) in [4.78, 5) is 26.6. The van der Waals surface area contributed by atoms with Gasteiger partial charge in [-0.05, 0) is 52.7 Å². The minimum absolute atomic E-state index is 0.0334. The molecule has 1 aliphatic heterocycles. The summed E-state index contributed by atoms with van der Waals surface area (Å²) in [5, 5.41) is 2.36. The van der Waals surface area contributed by atoms with Crippen LogP contribution in [0, 0.1) is 0 Å². The number of nitrogens with zero attached hydrogens (tertiary/aromatic N) is 1. The second kappa shape index (κ2) is 11.1. The zero-order chi connectivity index (χ0) is 21.4. The van der Waals surface area contributed by atoms with Crippen molar-refractivity contribution in [3.63, 3.8) is 0 Å². The van der Waals surface area contributed by atoms with Gasteiger partial charge in [0.15, 0.2) is 11.5 Å². The van der Waals surface area contributed by atoms with Gasteiger partial charge in [-0.15, -0.1) is 11.6 Å². The Kier molecular flexibility index (Phi) is 8.89. The molecule has 0 spiro atoms. The van der Waals surface area contributed by atoms with Crippen molar-refractivity contribution in [3.05, 3.63) is 17.7 Å². The number of rotatable bonds is 9. The number of amides is 2. The first-order valence-electron chi connectivity index (χ1n) is 10.2. The fourth-order valence-corrected chi connectivity index (χ4v) is 3.30. The average Bonchev–Trinajstić information content (AvgIpc) is 2.70. The number of hydrogen-bond acceptors (Lipinski definition) is 5. The number of carbonyl (C=O) groups excluding carboxylic acids is 2. The number of piperidine rings is 1. The number of carbonyl (C=O) groups is 2. The van der Waals surface area contributed by atoms with Crippen LogP contribution in [0.4, 0.5) is 0 Å². The van der Waals surface area contributed by atoms with E-state index in [1.165, 1.54) is 0 Å². The minimum Gasteiger partial charge on any atom is -0.490 e. The Morgan fingerprint density at radius 3 is 2.03 bits per heavy atom. The SMILES string of the molecule is CCOc1cc(C(=O)N2CCC(NC(=O)C(C)Cl)CC2)cc(OCC)c1OCC. The molecule has 1 aliphatic rings. The summed E-state index contributed by atoms with van der Waals surface area (Å²) in [6.45, 7) is 9.78.